The number of benzene rings is 1. The first-order valence-corrected chi connectivity index (χ1v) is 5.11. The van der Waals surface area contributed by atoms with Gasteiger partial charge in [-0.2, -0.15) is 0 Å². The first-order valence-electron chi connectivity index (χ1n) is 4.70. The smallest absolute Gasteiger partial charge is 0.335 e. The second-order valence-corrected chi connectivity index (χ2v) is 3.76. The Morgan fingerprint density at radius 2 is 1.88 bits per heavy atom. The second kappa shape index (κ2) is 4.28. The van der Waals surface area contributed by atoms with Crippen molar-refractivity contribution < 1.29 is 9.90 Å². The van der Waals surface area contributed by atoms with Gasteiger partial charge >= 0.3 is 5.97 Å². The van der Waals surface area contributed by atoms with E-state index in [9.17, 15) is 4.79 Å². The van der Waals surface area contributed by atoms with Gasteiger partial charge in [0.2, 0.25) is 0 Å². The molecule has 0 fully saturated rings. The standard InChI is InChI=1S/C12H9NO2S/c14-12(15)9-6-10(13-11(16)7-9)8-4-2-1-3-5-8/h1-7H,(H,13,16)(H,14,15). The molecule has 2 N–H and O–H groups in total. The average molecular weight is 231 g/mol. The van der Waals surface area contributed by atoms with Crippen molar-refractivity contribution in [1.82, 2.24) is 4.98 Å². The summed E-state index contributed by atoms with van der Waals surface area (Å²) < 4.78 is 0.416. The summed E-state index contributed by atoms with van der Waals surface area (Å²) in [4.78, 5) is 13.8. The molecule has 0 aliphatic rings. The van der Waals surface area contributed by atoms with Crippen LogP contribution < -0.4 is 0 Å². The summed E-state index contributed by atoms with van der Waals surface area (Å²) >= 11 is 4.99. The van der Waals surface area contributed by atoms with Crippen LogP contribution in [0.2, 0.25) is 0 Å². The largest absolute Gasteiger partial charge is 0.478 e. The highest BCUT2D eigenvalue weighted by atomic mass is 32.1. The van der Waals surface area contributed by atoms with Crippen molar-refractivity contribution in [3.8, 4) is 11.3 Å². The lowest BCUT2D eigenvalue weighted by atomic mass is 10.1. The maximum absolute atomic E-state index is 10.9. The minimum atomic E-state index is -0.975. The highest BCUT2D eigenvalue weighted by Gasteiger charge is 2.05. The quantitative estimate of drug-likeness (QED) is 0.781. The number of aromatic amines is 1. The average Bonchev–Trinajstić information content (AvgIpc) is 2.29. The summed E-state index contributed by atoms with van der Waals surface area (Å²) in [7, 11) is 0. The van der Waals surface area contributed by atoms with Crippen LogP contribution in [-0.4, -0.2) is 16.1 Å². The molecule has 4 heteroatoms. The number of H-pyrrole nitrogens is 1. The monoisotopic (exact) mass is 231 g/mol. The number of hydrogen-bond donors (Lipinski definition) is 2. The van der Waals surface area contributed by atoms with Crippen molar-refractivity contribution in [3.63, 3.8) is 0 Å². The van der Waals surface area contributed by atoms with Gasteiger partial charge in [-0.1, -0.05) is 42.5 Å². The molecule has 1 heterocycles. The van der Waals surface area contributed by atoms with Crippen LogP contribution in [0.5, 0.6) is 0 Å². The molecule has 2 aromatic rings. The van der Waals surface area contributed by atoms with E-state index < -0.39 is 5.97 Å². The Kier molecular flexibility index (Phi) is 2.83. The van der Waals surface area contributed by atoms with Crippen LogP contribution in [0.15, 0.2) is 42.5 Å². The third-order valence-electron chi connectivity index (χ3n) is 2.18. The summed E-state index contributed by atoms with van der Waals surface area (Å²) in [6.45, 7) is 0. The summed E-state index contributed by atoms with van der Waals surface area (Å²) in [5.41, 5.74) is 1.82. The van der Waals surface area contributed by atoms with Gasteiger partial charge in [0, 0.05) is 5.69 Å². The Hall–Kier alpha value is -1.94. The Morgan fingerprint density at radius 1 is 1.19 bits per heavy atom. The number of aromatic nitrogens is 1. The van der Waals surface area contributed by atoms with Crippen LogP contribution in [0.1, 0.15) is 10.4 Å². The number of nitrogens with one attached hydrogen (secondary N) is 1. The molecule has 0 saturated carbocycles. The molecule has 0 aliphatic carbocycles. The fraction of sp³-hybridized carbons (Fsp3) is 0. The van der Waals surface area contributed by atoms with Crippen molar-refractivity contribution in [2.24, 2.45) is 0 Å². The Morgan fingerprint density at radius 3 is 2.50 bits per heavy atom. The lowest BCUT2D eigenvalue weighted by Gasteiger charge is -2.03. The van der Waals surface area contributed by atoms with E-state index >= 15 is 0 Å². The Balaban J connectivity index is 2.58. The zero-order valence-electron chi connectivity index (χ0n) is 8.31. The molecule has 1 aromatic heterocycles. The fourth-order valence-corrected chi connectivity index (χ4v) is 1.68. The second-order valence-electron chi connectivity index (χ2n) is 3.32. The van der Waals surface area contributed by atoms with E-state index in [4.69, 9.17) is 17.3 Å². The zero-order chi connectivity index (χ0) is 11.5. The van der Waals surface area contributed by atoms with Crippen LogP contribution >= 0.6 is 12.2 Å². The number of carboxylic acid groups (broad SMARTS) is 1. The molecule has 1 aromatic carbocycles. The van der Waals surface area contributed by atoms with E-state index in [1.165, 1.54) is 6.07 Å². The van der Waals surface area contributed by atoms with Crippen molar-refractivity contribution in [2.45, 2.75) is 0 Å². The molecule has 3 nitrogen and oxygen atoms in total. The Labute approximate surface area is 97.4 Å². The van der Waals surface area contributed by atoms with E-state index in [1.54, 1.807) is 6.07 Å². The van der Waals surface area contributed by atoms with Crippen LogP contribution in [-0.2, 0) is 0 Å². The van der Waals surface area contributed by atoms with Crippen molar-refractivity contribution in [2.75, 3.05) is 0 Å². The molecular formula is C12H9NO2S. The number of hydrogen-bond acceptors (Lipinski definition) is 2. The van der Waals surface area contributed by atoms with Crippen LogP contribution in [0.4, 0.5) is 0 Å². The van der Waals surface area contributed by atoms with Crippen LogP contribution in [0.25, 0.3) is 11.3 Å². The third kappa shape index (κ3) is 2.17. The van der Waals surface area contributed by atoms with Crippen molar-refractivity contribution in [1.29, 1.82) is 0 Å². The van der Waals surface area contributed by atoms with Crippen molar-refractivity contribution >= 4 is 18.2 Å². The zero-order valence-corrected chi connectivity index (χ0v) is 9.12. The topological polar surface area (TPSA) is 53.1 Å². The van der Waals surface area contributed by atoms with E-state index in [0.29, 0.717) is 10.3 Å². The fourth-order valence-electron chi connectivity index (χ4n) is 1.44. The molecule has 0 spiro atoms. The summed E-state index contributed by atoms with van der Waals surface area (Å²) in [6, 6.07) is 12.5. The first kappa shape index (κ1) is 10.6. The number of rotatable bonds is 2. The van der Waals surface area contributed by atoms with Gasteiger partial charge in [0.05, 0.1) is 5.56 Å². The SMILES string of the molecule is O=C(O)c1cc(-c2ccccc2)[nH]c(=S)c1. The predicted octanol–water partition coefficient (Wildman–Crippen LogP) is 3.11. The van der Waals surface area contributed by atoms with Gasteiger partial charge in [-0.3, -0.25) is 0 Å². The van der Waals surface area contributed by atoms with Gasteiger partial charge < -0.3 is 10.1 Å². The lowest BCUT2D eigenvalue weighted by molar-refractivity contribution is 0.0696. The van der Waals surface area contributed by atoms with Gasteiger partial charge in [-0.25, -0.2) is 4.79 Å². The van der Waals surface area contributed by atoms with Crippen LogP contribution in [0.3, 0.4) is 0 Å². The van der Waals surface area contributed by atoms with E-state index in [-0.39, 0.29) is 5.56 Å². The normalized spacial score (nSPS) is 10.0. The van der Waals surface area contributed by atoms with Crippen LogP contribution in [0, 0.1) is 4.64 Å². The maximum atomic E-state index is 10.9. The van der Waals surface area contributed by atoms with Gasteiger partial charge in [-0.05, 0) is 17.7 Å². The first-order chi connectivity index (χ1) is 7.66. The van der Waals surface area contributed by atoms with E-state index in [2.05, 4.69) is 4.98 Å². The molecular weight excluding hydrogens is 222 g/mol. The number of aromatic carboxylic acids is 1. The number of carboxylic acids is 1. The number of carbonyl (C=O) groups is 1. The molecule has 0 bridgehead atoms. The minimum Gasteiger partial charge on any atom is -0.478 e. The number of pyridine rings is 1. The molecule has 0 radical (unpaired) electrons. The minimum absolute atomic E-state index is 0.197. The lowest BCUT2D eigenvalue weighted by Crippen LogP contribution is -1.98. The Bertz CT molecular complexity index is 575. The van der Waals surface area contributed by atoms with Gasteiger partial charge in [0.25, 0.3) is 0 Å². The molecule has 2 rings (SSSR count). The predicted molar refractivity (Wildman–Crippen MR) is 64.0 cm³/mol. The molecule has 0 unspecified atom stereocenters. The molecule has 0 atom stereocenters. The molecule has 16 heavy (non-hydrogen) atoms. The third-order valence-corrected chi connectivity index (χ3v) is 2.40. The maximum Gasteiger partial charge on any atom is 0.335 e. The molecule has 0 saturated heterocycles. The van der Waals surface area contributed by atoms with E-state index in [1.807, 2.05) is 30.3 Å². The van der Waals surface area contributed by atoms with Gasteiger partial charge in [-0.15, -0.1) is 0 Å². The molecule has 0 amide bonds. The summed E-state index contributed by atoms with van der Waals surface area (Å²) in [5, 5.41) is 8.92. The highest BCUT2D eigenvalue weighted by molar-refractivity contribution is 7.71. The highest BCUT2D eigenvalue weighted by Crippen LogP contribution is 2.17. The molecule has 0 aliphatic heterocycles. The van der Waals surface area contributed by atoms with Crippen molar-refractivity contribution in [3.05, 3.63) is 52.7 Å². The van der Waals surface area contributed by atoms with E-state index in [0.717, 1.165) is 5.56 Å². The van der Waals surface area contributed by atoms with Gasteiger partial charge in [0.15, 0.2) is 0 Å². The summed E-state index contributed by atoms with van der Waals surface area (Å²) in [6.07, 6.45) is 0. The molecule has 80 valence electrons. The van der Waals surface area contributed by atoms with Gasteiger partial charge in [0.1, 0.15) is 4.64 Å². The summed E-state index contributed by atoms with van der Waals surface area (Å²) in [5.74, 6) is -0.975.